The molecule has 2 aliphatic rings. The zero-order valence-electron chi connectivity index (χ0n) is 7.07. The molecule has 0 spiro atoms. The van der Waals surface area contributed by atoms with Gasteiger partial charge in [-0.1, -0.05) is 18.2 Å². The Morgan fingerprint density at radius 3 is 3.15 bits per heavy atom. The lowest BCUT2D eigenvalue weighted by Gasteiger charge is -2.22. The van der Waals surface area contributed by atoms with Gasteiger partial charge in [-0.3, -0.25) is 5.43 Å². The molecule has 0 saturated carbocycles. The van der Waals surface area contributed by atoms with Crippen LogP contribution in [0.3, 0.4) is 0 Å². The summed E-state index contributed by atoms with van der Waals surface area (Å²) in [6, 6.07) is 8.32. The number of para-hydroxylation sites is 1. The van der Waals surface area contributed by atoms with E-state index in [9.17, 15) is 0 Å². The molecular weight excluding hydrogens is 162 g/mol. The van der Waals surface area contributed by atoms with Gasteiger partial charge < -0.3 is 4.90 Å². The number of anilines is 1. The number of nitrogens with one attached hydrogen (secondary N) is 1. The highest BCUT2D eigenvalue weighted by Gasteiger charge is 2.21. The maximum absolute atomic E-state index is 4.16. The first kappa shape index (κ1) is 6.71. The smallest absolute Gasteiger partial charge is 0.154 e. The SMILES string of the molecule is C1=Cc2ccccc2N2CNN=C12. The van der Waals surface area contributed by atoms with Crippen molar-refractivity contribution in [1.82, 2.24) is 5.43 Å². The molecule has 1 aromatic carbocycles. The molecule has 3 rings (SSSR count). The monoisotopic (exact) mass is 171 g/mol. The molecule has 0 fully saturated rings. The molecule has 0 saturated heterocycles. The molecule has 3 nitrogen and oxygen atoms in total. The quantitative estimate of drug-likeness (QED) is 0.638. The van der Waals surface area contributed by atoms with Crippen molar-refractivity contribution in [2.45, 2.75) is 0 Å². The lowest BCUT2D eigenvalue weighted by molar-refractivity contribution is 0.807. The van der Waals surface area contributed by atoms with E-state index in [1.165, 1.54) is 11.3 Å². The number of hydrazone groups is 1. The number of benzene rings is 1. The summed E-state index contributed by atoms with van der Waals surface area (Å²) in [4.78, 5) is 2.16. The fourth-order valence-corrected chi connectivity index (χ4v) is 1.70. The number of hydrogen-bond donors (Lipinski definition) is 1. The molecule has 3 heteroatoms. The van der Waals surface area contributed by atoms with Gasteiger partial charge >= 0.3 is 0 Å². The molecule has 0 atom stereocenters. The van der Waals surface area contributed by atoms with E-state index in [0.29, 0.717) is 0 Å². The van der Waals surface area contributed by atoms with Crippen molar-refractivity contribution in [2.75, 3.05) is 11.6 Å². The standard InChI is InChI=1S/C10H9N3/c1-2-4-9-8(3-1)5-6-10-12-11-7-13(9)10/h1-6,11H,7H2. The third-order valence-corrected chi connectivity index (χ3v) is 2.34. The molecule has 0 radical (unpaired) electrons. The maximum atomic E-state index is 4.16. The van der Waals surface area contributed by atoms with Gasteiger partial charge in [0.15, 0.2) is 5.84 Å². The number of rotatable bonds is 0. The number of fused-ring (bicyclic) bond motifs is 3. The minimum absolute atomic E-state index is 0.774. The third-order valence-electron chi connectivity index (χ3n) is 2.34. The van der Waals surface area contributed by atoms with Crippen LogP contribution >= 0.6 is 0 Å². The van der Waals surface area contributed by atoms with E-state index in [1.54, 1.807) is 0 Å². The van der Waals surface area contributed by atoms with Gasteiger partial charge in [0.1, 0.15) is 6.67 Å². The van der Waals surface area contributed by atoms with Crippen LogP contribution in [-0.4, -0.2) is 12.5 Å². The minimum Gasteiger partial charge on any atom is -0.305 e. The molecular formula is C10H9N3. The summed E-state index contributed by atoms with van der Waals surface area (Å²) in [6.45, 7) is 0.774. The van der Waals surface area contributed by atoms with Crippen LogP contribution in [0, 0.1) is 0 Å². The van der Waals surface area contributed by atoms with Crippen molar-refractivity contribution in [3.05, 3.63) is 35.9 Å². The number of amidine groups is 1. The van der Waals surface area contributed by atoms with Crippen molar-refractivity contribution in [1.29, 1.82) is 0 Å². The Hall–Kier alpha value is -1.77. The van der Waals surface area contributed by atoms with Gasteiger partial charge in [0.2, 0.25) is 0 Å². The van der Waals surface area contributed by atoms with E-state index in [1.807, 2.05) is 12.1 Å². The van der Waals surface area contributed by atoms with Crippen LogP contribution in [0.4, 0.5) is 5.69 Å². The summed E-state index contributed by atoms with van der Waals surface area (Å²) in [5, 5.41) is 4.16. The van der Waals surface area contributed by atoms with Gasteiger partial charge in [0.05, 0.1) is 5.69 Å². The number of hydrogen-bond acceptors (Lipinski definition) is 3. The molecule has 1 aromatic rings. The predicted molar refractivity (Wildman–Crippen MR) is 53.4 cm³/mol. The second-order valence-corrected chi connectivity index (χ2v) is 3.11. The van der Waals surface area contributed by atoms with Gasteiger partial charge in [-0.05, 0) is 23.8 Å². The molecule has 0 bridgehead atoms. The Morgan fingerprint density at radius 2 is 2.15 bits per heavy atom. The summed E-state index contributed by atoms with van der Waals surface area (Å²) in [5.74, 6) is 0.999. The van der Waals surface area contributed by atoms with Crippen LogP contribution in [-0.2, 0) is 0 Å². The third kappa shape index (κ3) is 0.869. The van der Waals surface area contributed by atoms with Gasteiger partial charge in [-0.15, -0.1) is 0 Å². The summed E-state index contributed by atoms with van der Waals surface area (Å²) in [5.41, 5.74) is 5.45. The highest BCUT2D eigenvalue weighted by molar-refractivity contribution is 6.12. The average molecular weight is 171 g/mol. The zero-order chi connectivity index (χ0) is 8.67. The van der Waals surface area contributed by atoms with Crippen LogP contribution < -0.4 is 10.3 Å². The van der Waals surface area contributed by atoms with E-state index in [0.717, 1.165) is 12.5 Å². The fraction of sp³-hybridized carbons (Fsp3) is 0.100. The van der Waals surface area contributed by atoms with Crippen LogP contribution in [0.2, 0.25) is 0 Å². The van der Waals surface area contributed by atoms with E-state index in [-0.39, 0.29) is 0 Å². The Kier molecular flexibility index (Phi) is 1.22. The molecule has 1 N–H and O–H groups in total. The molecule has 2 heterocycles. The summed E-state index contributed by atoms with van der Waals surface area (Å²) in [7, 11) is 0. The van der Waals surface area contributed by atoms with Gasteiger partial charge in [-0.25, -0.2) is 0 Å². The van der Waals surface area contributed by atoms with Crippen molar-refractivity contribution >= 4 is 17.6 Å². The lowest BCUT2D eigenvalue weighted by atomic mass is 10.1. The fourth-order valence-electron chi connectivity index (χ4n) is 1.70. The van der Waals surface area contributed by atoms with E-state index in [2.05, 4.69) is 39.7 Å². The summed E-state index contributed by atoms with van der Waals surface area (Å²) < 4.78 is 0. The minimum atomic E-state index is 0.774. The largest absolute Gasteiger partial charge is 0.305 e. The van der Waals surface area contributed by atoms with Crippen molar-refractivity contribution in [3.8, 4) is 0 Å². The van der Waals surface area contributed by atoms with Crippen molar-refractivity contribution in [3.63, 3.8) is 0 Å². The summed E-state index contributed by atoms with van der Waals surface area (Å²) >= 11 is 0. The van der Waals surface area contributed by atoms with Gasteiger partial charge in [-0.2, -0.15) is 5.10 Å². The second-order valence-electron chi connectivity index (χ2n) is 3.11. The molecule has 0 aromatic heterocycles. The van der Waals surface area contributed by atoms with E-state index in [4.69, 9.17) is 0 Å². The summed E-state index contributed by atoms with van der Waals surface area (Å²) in [6.07, 6.45) is 4.12. The zero-order valence-corrected chi connectivity index (χ0v) is 7.07. The average Bonchev–Trinajstić information content (AvgIpc) is 2.65. The predicted octanol–water partition coefficient (Wildman–Crippen LogP) is 1.39. The first-order valence-electron chi connectivity index (χ1n) is 4.30. The first-order valence-corrected chi connectivity index (χ1v) is 4.30. The van der Waals surface area contributed by atoms with Gasteiger partial charge in [0.25, 0.3) is 0 Å². The van der Waals surface area contributed by atoms with Gasteiger partial charge in [0, 0.05) is 0 Å². The highest BCUT2D eigenvalue weighted by atomic mass is 15.5. The molecule has 0 aliphatic carbocycles. The molecule has 0 unspecified atom stereocenters. The normalized spacial score (nSPS) is 17.5. The number of nitrogens with zero attached hydrogens (tertiary/aromatic N) is 2. The van der Waals surface area contributed by atoms with Crippen LogP contribution in [0.1, 0.15) is 5.56 Å². The first-order chi connectivity index (χ1) is 6.45. The van der Waals surface area contributed by atoms with Crippen LogP contribution in [0.25, 0.3) is 6.08 Å². The van der Waals surface area contributed by atoms with Crippen LogP contribution in [0.15, 0.2) is 35.4 Å². The van der Waals surface area contributed by atoms with E-state index < -0.39 is 0 Å². The molecule has 0 amide bonds. The Bertz CT molecular complexity index is 406. The Balaban J connectivity index is 2.20. The topological polar surface area (TPSA) is 27.6 Å². The lowest BCUT2D eigenvalue weighted by Crippen LogP contribution is -2.30. The molecule has 13 heavy (non-hydrogen) atoms. The maximum Gasteiger partial charge on any atom is 0.154 e. The Morgan fingerprint density at radius 1 is 1.23 bits per heavy atom. The van der Waals surface area contributed by atoms with Crippen LogP contribution in [0.5, 0.6) is 0 Å². The highest BCUT2D eigenvalue weighted by Crippen LogP contribution is 2.26. The Labute approximate surface area is 76.4 Å². The second kappa shape index (κ2) is 2.36. The van der Waals surface area contributed by atoms with E-state index >= 15 is 0 Å². The van der Waals surface area contributed by atoms with Crippen molar-refractivity contribution in [2.24, 2.45) is 5.10 Å². The van der Waals surface area contributed by atoms with Crippen molar-refractivity contribution < 1.29 is 0 Å². The molecule has 2 aliphatic heterocycles. The molecule has 64 valence electrons.